The average molecular weight is 262 g/mol. The molecule has 102 valence electrons. The molecule has 19 heavy (non-hydrogen) atoms. The van der Waals surface area contributed by atoms with Gasteiger partial charge in [-0.25, -0.2) is 4.79 Å². The Morgan fingerprint density at radius 2 is 2.11 bits per heavy atom. The number of hydrogen-bond donors (Lipinski definition) is 2. The van der Waals surface area contributed by atoms with E-state index in [0.29, 0.717) is 24.0 Å². The summed E-state index contributed by atoms with van der Waals surface area (Å²) in [6.45, 7) is 9.48. The van der Waals surface area contributed by atoms with Crippen molar-refractivity contribution in [2.75, 3.05) is 0 Å². The number of hydrogen-bond acceptors (Lipinski definition) is 4. The standard InChI is InChI=1S/C15H18O4/c1-8-4-5-12(16)14(3)7-11-10(6-15(8,14)18)9(2)13(17)19-11/h4-5,10-12,16,18H,1-2,6-7H2,3H3/t10-,11-,12+,14+,15-/m1/s1. The molecule has 1 saturated carbocycles. The van der Waals surface area contributed by atoms with Gasteiger partial charge in [-0.05, 0) is 18.4 Å². The van der Waals surface area contributed by atoms with Gasteiger partial charge in [-0.1, -0.05) is 32.2 Å². The molecule has 0 amide bonds. The minimum Gasteiger partial charge on any atom is -0.458 e. The van der Waals surface area contributed by atoms with Crippen LogP contribution in [0.4, 0.5) is 0 Å². The van der Waals surface area contributed by atoms with E-state index in [1.807, 2.05) is 6.92 Å². The highest BCUT2D eigenvalue weighted by molar-refractivity contribution is 5.91. The zero-order valence-corrected chi connectivity index (χ0v) is 10.9. The van der Waals surface area contributed by atoms with Gasteiger partial charge in [0.05, 0.1) is 11.7 Å². The Balaban J connectivity index is 2.06. The van der Waals surface area contributed by atoms with Crippen LogP contribution in [0.2, 0.25) is 0 Å². The Kier molecular flexibility index (Phi) is 2.38. The Labute approximate surface area is 112 Å². The molecule has 1 heterocycles. The summed E-state index contributed by atoms with van der Waals surface area (Å²) in [5, 5.41) is 21.3. The van der Waals surface area contributed by atoms with Gasteiger partial charge in [-0.15, -0.1) is 0 Å². The van der Waals surface area contributed by atoms with Gasteiger partial charge >= 0.3 is 5.97 Å². The molecular weight excluding hydrogens is 244 g/mol. The average Bonchev–Trinajstić information content (AvgIpc) is 2.61. The van der Waals surface area contributed by atoms with Gasteiger partial charge < -0.3 is 14.9 Å². The molecule has 5 atom stereocenters. The molecule has 0 radical (unpaired) electrons. The van der Waals surface area contributed by atoms with E-state index >= 15 is 0 Å². The number of carbonyl (C=O) groups excluding carboxylic acids is 1. The summed E-state index contributed by atoms with van der Waals surface area (Å²) in [6.07, 6.45) is 2.94. The van der Waals surface area contributed by atoms with Crippen LogP contribution >= 0.6 is 0 Å². The first kappa shape index (κ1) is 12.6. The molecule has 3 aliphatic rings. The van der Waals surface area contributed by atoms with Crippen molar-refractivity contribution in [2.45, 2.75) is 37.6 Å². The van der Waals surface area contributed by atoms with Crippen molar-refractivity contribution in [1.29, 1.82) is 0 Å². The summed E-state index contributed by atoms with van der Waals surface area (Å²) < 4.78 is 5.31. The van der Waals surface area contributed by atoms with Crippen molar-refractivity contribution < 1.29 is 19.7 Å². The molecule has 2 fully saturated rings. The fourth-order valence-corrected chi connectivity index (χ4v) is 3.67. The summed E-state index contributed by atoms with van der Waals surface area (Å²) in [5.41, 5.74) is -1.02. The summed E-state index contributed by atoms with van der Waals surface area (Å²) in [6, 6.07) is 0. The number of carbonyl (C=O) groups is 1. The van der Waals surface area contributed by atoms with E-state index in [1.54, 1.807) is 12.2 Å². The molecule has 4 nitrogen and oxygen atoms in total. The second-order valence-electron chi connectivity index (χ2n) is 6.09. The molecule has 2 aliphatic carbocycles. The maximum absolute atomic E-state index is 11.6. The topological polar surface area (TPSA) is 66.8 Å². The number of rotatable bonds is 0. The number of fused-ring (bicyclic) bond motifs is 2. The minimum atomic E-state index is -1.22. The Morgan fingerprint density at radius 3 is 2.79 bits per heavy atom. The largest absolute Gasteiger partial charge is 0.458 e. The molecule has 0 aromatic carbocycles. The van der Waals surface area contributed by atoms with Gasteiger partial charge in [0.1, 0.15) is 6.10 Å². The first-order valence-electron chi connectivity index (χ1n) is 6.47. The van der Waals surface area contributed by atoms with Gasteiger partial charge in [0.25, 0.3) is 0 Å². The van der Waals surface area contributed by atoms with Crippen molar-refractivity contribution in [3.8, 4) is 0 Å². The highest BCUT2D eigenvalue weighted by Gasteiger charge is 2.62. The number of ether oxygens (including phenoxy) is 1. The summed E-state index contributed by atoms with van der Waals surface area (Å²) in [4.78, 5) is 11.6. The molecule has 0 aromatic rings. The quantitative estimate of drug-likeness (QED) is 0.507. The third kappa shape index (κ3) is 1.38. The Bertz CT molecular complexity index is 520. The first-order chi connectivity index (χ1) is 8.79. The second kappa shape index (κ2) is 3.58. The van der Waals surface area contributed by atoms with Crippen LogP contribution in [0.25, 0.3) is 0 Å². The van der Waals surface area contributed by atoms with E-state index in [9.17, 15) is 15.0 Å². The second-order valence-corrected chi connectivity index (χ2v) is 6.09. The smallest absolute Gasteiger partial charge is 0.334 e. The lowest BCUT2D eigenvalue weighted by Crippen LogP contribution is -2.61. The first-order valence-corrected chi connectivity index (χ1v) is 6.47. The lowest BCUT2D eigenvalue weighted by atomic mass is 9.53. The van der Waals surface area contributed by atoms with Gasteiger partial charge in [0.15, 0.2) is 0 Å². The van der Waals surface area contributed by atoms with Crippen LogP contribution < -0.4 is 0 Å². The molecule has 0 bridgehead atoms. The molecular formula is C15H18O4. The predicted octanol–water partition coefficient (Wildman–Crippen LogP) is 1.10. The predicted molar refractivity (Wildman–Crippen MR) is 69.1 cm³/mol. The van der Waals surface area contributed by atoms with Gasteiger partial charge in [-0.3, -0.25) is 0 Å². The van der Waals surface area contributed by atoms with E-state index in [4.69, 9.17) is 4.74 Å². The molecule has 2 N–H and O–H groups in total. The Morgan fingerprint density at radius 1 is 1.42 bits per heavy atom. The fourth-order valence-electron chi connectivity index (χ4n) is 3.67. The van der Waals surface area contributed by atoms with Crippen LogP contribution in [0, 0.1) is 11.3 Å². The third-order valence-electron chi connectivity index (χ3n) is 5.17. The molecule has 4 heteroatoms. The normalized spacial score (nSPS) is 48.8. The molecule has 3 rings (SSSR count). The van der Waals surface area contributed by atoms with Crippen LogP contribution in [0.3, 0.4) is 0 Å². The van der Waals surface area contributed by atoms with Crippen molar-refractivity contribution in [3.63, 3.8) is 0 Å². The maximum Gasteiger partial charge on any atom is 0.334 e. The van der Waals surface area contributed by atoms with Crippen LogP contribution in [0.15, 0.2) is 36.5 Å². The zero-order chi connectivity index (χ0) is 14.0. The van der Waals surface area contributed by atoms with Crippen LogP contribution in [-0.2, 0) is 9.53 Å². The molecule has 1 saturated heterocycles. The van der Waals surface area contributed by atoms with Crippen molar-refractivity contribution in [1.82, 2.24) is 0 Å². The molecule has 0 spiro atoms. The maximum atomic E-state index is 11.6. The molecule has 0 unspecified atom stereocenters. The lowest BCUT2D eigenvalue weighted by molar-refractivity contribution is -0.168. The van der Waals surface area contributed by atoms with E-state index in [0.717, 1.165) is 0 Å². The van der Waals surface area contributed by atoms with Crippen molar-refractivity contribution in [2.24, 2.45) is 11.3 Å². The van der Waals surface area contributed by atoms with Gasteiger partial charge in [0, 0.05) is 16.9 Å². The van der Waals surface area contributed by atoms with Crippen LogP contribution in [0.5, 0.6) is 0 Å². The zero-order valence-electron chi connectivity index (χ0n) is 10.9. The van der Waals surface area contributed by atoms with Crippen LogP contribution in [-0.4, -0.2) is 34.0 Å². The number of esters is 1. The van der Waals surface area contributed by atoms with Gasteiger partial charge in [0.2, 0.25) is 0 Å². The van der Waals surface area contributed by atoms with Crippen LogP contribution in [0.1, 0.15) is 19.8 Å². The Hall–Kier alpha value is -1.39. The highest BCUT2D eigenvalue weighted by Crippen LogP contribution is 2.57. The van der Waals surface area contributed by atoms with E-state index in [-0.39, 0.29) is 12.0 Å². The van der Waals surface area contributed by atoms with E-state index in [1.165, 1.54) is 0 Å². The molecule has 1 aliphatic heterocycles. The summed E-state index contributed by atoms with van der Waals surface area (Å²) in [7, 11) is 0. The number of aliphatic hydroxyl groups excluding tert-OH is 1. The highest BCUT2D eigenvalue weighted by atomic mass is 16.6. The van der Waals surface area contributed by atoms with Crippen molar-refractivity contribution in [3.05, 3.63) is 36.5 Å². The lowest BCUT2D eigenvalue weighted by Gasteiger charge is -2.55. The monoisotopic (exact) mass is 262 g/mol. The summed E-state index contributed by atoms with van der Waals surface area (Å²) in [5.74, 6) is -0.588. The van der Waals surface area contributed by atoms with Gasteiger partial charge in [-0.2, -0.15) is 0 Å². The van der Waals surface area contributed by atoms with Crippen molar-refractivity contribution >= 4 is 5.97 Å². The minimum absolute atomic E-state index is 0.193. The summed E-state index contributed by atoms with van der Waals surface area (Å²) >= 11 is 0. The van der Waals surface area contributed by atoms with E-state index < -0.39 is 23.1 Å². The number of aliphatic hydroxyl groups is 2. The SMILES string of the molecule is C=C1C(=O)O[C@@H]2C[C@@]3(C)[C@@H](O)C=CC(=C)[C@]3(O)C[C@H]12. The van der Waals surface area contributed by atoms with E-state index in [2.05, 4.69) is 13.2 Å². The fraction of sp³-hybridized carbons (Fsp3) is 0.533. The third-order valence-corrected chi connectivity index (χ3v) is 5.17. The molecule has 0 aromatic heterocycles.